The van der Waals surface area contributed by atoms with Crippen molar-refractivity contribution in [2.45, 2.75) is 6.92 Å². The predicted molar refractivity (Wildman–Crippen MR) is 139 cm³/mol. The zero-order chi connectivity index (χ0) is 25.2. The number of urea groups is 1. The largest absolute Gasteiger partial charge is 0.478 e. The van der Waals surface area contributed by atoms with E-state index < -0.39 is 12.0 Å². The quantitative estimate of drug-likeness (QED) is 0.355. The summed E-state index contributed by atoms with van der Waals surface area (Å²) >= 11 is 0. The first kappa shape index (κ1) is 25.7. The van der Waals surface area contributed by atoms with E-state index in [1.54, 1.807) is 44.6 Å². The fourth-order valence-electron chi connectivity index (χ4n) is 3.68. The number of nitrogens with one attached hydrogen (secondary N) is 2. The van der Waals surface area contributed by atoms with Gasteiger partial charge in [-0.3, -0.25) is 0 Å². The van der Waals surface area contributed by atoms with E-state index in [0.717, 1.165) is 11.3 Å². The molecule has 0 fully saturated rings. The monoisotopic (exact) mass is 477 g/mol. The zero-order valence-electron chi connectivity index (χ0n) is 20.2. The lowest BCUT2D eigenvalue weighted by Gasteiger charge is -2.27. The average Bonchev–Trinajstić information content (AvgIpc) is 2.86. The van der Waals surface area contributed by atoms with E-state index in [4.69, 9.17) is 9.47 Å². The van der Waals surface area contributed by atoms with Crippen LogP contribution in [0.3, 0.4) is 0 Å². The number of carbonyl (C=O) groups is 2. The molecule has 0 atom stereocenters. The molecule has 3 N–H and O–H groups in total. The number of rotatable bonds is 11. The van der Waals surface area contributed by atoms with Gasteiger partial charge in [0.1, 0.15) is 0 Å². The van der Waals surface area contributed by atoms with Crippen LogP contribution in [0, 0.1) is 6.92 Å². The van der Waals surface area contributed by atoms with Gasteiger partial charge in [-0.05, 0) is 48.4 Å². The van der Waals surface area contributed by atoms with Gasteiger partial charge < -0.3 is 30.1 Å². The van der Waals surface area contributed by atoms with Crippen molar-refractivity contribution in [2.24, 2.45) is 0 Å². The van der Waals surface area contributed by atoms with Gasteiger partial charge in [0, 0.05) is 33.0 Å². The lowest BCUT2D eigenvalue weighted by molar-refractivity contribution is 0.0697. The minimum absolute atomic E-state index is 0.186. The van der Waals surface area contributed by atoms with Gasteiger partial charge in [-0.2, -0.15) is 0 Å². The number of benzene rings is 3. The van der Waals surface area contributed by atoms with Crippen LogP contribution in [0.1, 0.15) is 15.9 Å². The Morgan fingerprint density at radius 1 is 0.886 bits per heavy atom. The molecule has 0 aliphatic heterocycles. The van der Waals surface area contributed by atoms with E-state index in [0.29, 0.717) is 48.8 Å². The number of carbonyl (C=O) groups excluding carboxylic acids is 1. The van der Waals surface area contributed by atoms with Crippen LogP contribution in [0.4, 0.5) is 21.9 Å². The molecule has 3 aromatic rings. The molecule has 0 aliphatic carbocycles. The average molecular weight is 478 g/mol. The van der Waals surface area contributed by atoms with Crippen LogP contribution in [0.15, 0.2) is 66.7 Å². The van der Waals surface area contributed by atoms with Gasteiger partial charge in [-0.25, -0.2) is 9.59 Å². The van der Waals surface area contributed by atoms with Crippen LogP contribution in [0.2, 0.25) is 0 Å². The molecule has 0 aliphatic rings. The van der Waals surface area contributed by atoms with Crippen LogP contribution >= 0.6 is 0 Å². The Labute approximate surface area is 205 Å². The molecule has 0 heterocycles. The second-order valence-corrected chi connectivity index (χ2v) is 8.00. The number of aryl methyl sites for hydroxylation is 1. The van der Waals surface area contributed by atoms with E-state index in [1.165, 1.54) is 0 Å². The molecule has 0 radical (unpaired) electrons. The smallest absolute Gasteiger partial charge is 0.336 e. The molecule has 0 saturated heterocycles. The Balaban J connectivity index is 1.99. The fraction of sp³-hybridized carbons (Fsp3) is 0.259. The highest BCUT2D eigenvalue weighted by atomic mass is 16.5. The number of aromatic carboxylic acids is 1. The molecule has 8 nitrogen and oxygen atoms in total. The molecule has 2 amide bonds. The predicted octanol–water partition coefficient (Wildman–Crippen LogP) is 5.10. The topological polar surface area (TPSA) is 100 Å². The van der Waals surface area contributed by atoms with Crippen molar-refractivity contribution in [3.8, 4) is 11.1 Å². The summed E-state index contributed by atoms with van der Waals surface area (Å²) in [6.45, 7) is 4.12. The van der Waals surface area contributed by atoms with Crippen molar-refractivity contribution < 1.29 is 24.2 Å². The second-order valence-electron chi connectivity index (χ2n) is 8.00. The summed E-state index contributed by atoms with van der Waals surface area (Å²) in [4.78, 5) is 26.7. The Kier molecular flexibility index (Phi) is 9.23. The third-order valence-corrected chi connectivity index (χ3v) is 5.49. The van der Waals surface area contributed by atoms with Crippen LogP contribution in [0.25, 0.3) is 11.1 Å². The van der Waals surface area contributed by atoms with Crippen molar-refractivity contribution in [3.05, 3.63) is 77.9 Å². The number of amides is 2. The Morgan fingerprint density at radius 2 is 1.54 bits per heavy atom. The highest BCUT2D eigenvalue weighted by Gasteiger charge is 2.17. The summed E-state index contributed by atoms with van der Waals surface area (Å²) in [5.74, 6) is -1.02. The van der Waals surface area contributed by atoms with E-state index in [1.807, 2.05) is 43.3 Å². The van der Waals surface area contributed by atoms with E-state index in [2.05, 4.69) is 15.5 Å². The number of carboxylic acids is 1. The Morgan fingerprint density at radius 3 is 2.17 bits per heavy atom. The van der Waals surface area contributed by atoms with E-state index >= 15 is 0 Å². The molecule has 3 aromatic carbocycles. The standard InChI is InChI=1S/C27H31N3O5/c1-19-8-11-21(12-9-19)28-27(33)29-24-18-20(22-6-4-5-7-23(22)26(31)32)10-13-25(24)30(14-16-34-2)15-17-35-3/h4-13,18H,14-17H2,1-3H3,(H,31,32)(H2,28,29,33). The number of hydrogen-bond acceptors (Lipinski definition) is 5. The first-order valence-corrected chi connectivity index (χ1v) is 11.3. The van der Waals surface area contributed by atoms with Gasteiger partial charge in [0.15, 0.2) is 0 Å². The number of anilines is 3. The van der Waals surface area contributed by atoms with E-state index in [-0.39, 0.29) is 5.56 Å². The first-order valence-electron chi connectivity index (χ1n) is 11.3. The maximum Gasteiger partial charge on any atom is 0.336 e. The van der Waals surface area contributed by atoms with Crippen molar-refractivity contribution in [3.63, 3.8) is 0 Å². The molecule has 0 unspecified atom stereocenters. The number of carboxylic acid groups (broad SMARTS) is 1. The maximum absolute atomic E-state index is 12.9. The lowest BCUT2D eigenvalue weighted by atomic mass is 9.98. The summed E-state index contributed by atoms with van der Waals surface area (Å²) < 4.78 is 10.5. The fourth-order valence-corrected chi connectivity index (χ4v) is 3.68. The van der Waals surface area contributed by atoms with Crippen LogP contribution in [-0.4, -0.2) is 57.6 Å². The van der Waals surface area contributed by atoms with Gasteiger partial charge >= 0.3 is 12.0 Å². The first-order chi connectivity index (χ1) is 16.9. The normalized spacial score (nSPS) is 10.6. The molecule has 184 valence electrons. The molecule has 0 saturated carbocycles. The van der Waals surface area contributed by atoms with Crippen molar-refractivity contribution >= 4 is 29.1 Å². The molecule has 0 aromatic heterocycles. The third-order valence-electron chi connectivity index (χ3n) is 5.49. The summed E-state index contributed by atoms with van der Waals surface area (Å²) in [5, 5.41) is 15.4. The molecule has 35 heavy (non-hydrogen) atoms. The summed E-state index contributed by atoms with van der Waals surface area (Å²) in [6, 6.07) is 19.4. The van der Waals surface area contributed by atoms with Gasteiger partial charge in [-0.15, -0.1) is 0 Å². The van der Waals surface area contributed by atoms with Crippen molar-refractivity contribution in [2.75, 3.05) is 56.1 Å². The van der Waals surface area contributed by atoms with Crippen LogP contribution in [0.5, 0.6) is 0 Å². The molecule has 0 spiro atoms. The number of methoxy groups -OCH3 is 2. The number of hydrogen-bond donors (Lipinski definition) is 3. The van der Waals surface area contributed by atoms with Gasteiger partial charge in [0.2, 0.25) is 0 Å². The van der Waals surface area contributed by atoms with Crippen molar-refractivity contribution in [1.82, 2.24) is 0 Å². The van der Waals surface area contributed by atoms with Crippen LogP contribution < -0.4 is 15.5 Å². The van der Waals surface area contributed by atoms with Crippen LogP contribution in [-0.2, 0) is 9.47 Å². The molecule has 0 bridgehead atoms. The summed E-state index contributed by atoms with van der Waals surface area (Å²) in [6.07, 6.45) is 0. The lowest BCUT2D eigenvalue weighted by Crippen LogP contribution is -2.32. The van der Waals surface area contributed by atoms with Gasteiger partial charge in [0.05, 0.1) is 30.2 Å². The highest BCUT2D eigenvalue weighted by molar-refractivity contribution is 6.03. The summed E-state index contributed by atoms with van der Waals surface area (Å²) in [7, 11) is 3.27. The minimum Gasteiger partial charge on any atom is -0.478 e. The summed E-state index contributed by atoms with van der Waals surface area (Å²) in [5.41, 5.74) is 4.50. The molecular weight excluding hydrogens is 446 g/mol. The van der Waals surface area contributed by atoms with Crippen molar-refractivity contribution in [1.29, 1.82) is 0 Å². The SMILES string of the molecule is COCCN(CCOC)c1ccc(-c2ccccc2C(=O)O)cc1NC(=O)Nc1ccc(C)cc1. The second kappa shape index (κ2) is 12.5. The molecular formula is C27H31N3O5. The number of nitrogens with zero attached hydrogens (tertiary/aromatic N) is 1. The van der Waals surface area contributed by atoms with Gasteiger partial charge in [0.25, 0.3) is 0 Å². The zero-order valence-corrected chi connectivity index (χ0v) is 20.2. The maximum atomic E-state index is 12.9. The van der Waals surface area contributed by atoms with Gasteiger partial charge in [-0.1, -0.05) is 42.0 Å². The highest BCUT2D eigenvalue weighted by Crippen LogP contribution is 2.33. The Hall–Kier alpha value is -3.88. The van der Waals surface area contributed by atoms with E-state index in [9.17, 15) is 14.7 Å². The molecule has 3 rings (SSSR count). The minimum atomic E-state index is -1.02. The third kappa shape index (κ3) is 7.05. The molecule has 8 heteroatoms. The number of ether oxygens (including phenoxy) is 2. The Bertz CT molecular complexity index is 1140.